The second-order valence-corrected chi connectivity index (χ2v) is 10.1. The van der Waals surface area contributed by atoms with Crippen molar-refractivity contribution in [3.05, 3.63) is 74.3 Å². The van der Waals surface area contributed by atoms with Crippen LogP contribution in [-0.4, -0.2) is 21.4 Å². The summed E-state index contributed by atoms with van der Waals surface area (Å²) in [5.74, 6) is 0.702. The van der Waals surface area contributed by atoms with Crippen molar-refractivity contribution in [2.45, 2.75) is 51.9 Å². The molecule has 164 valence electrons. The van der Waals surface area contributed by atoms with Crippen LogP contribution in [0, 0.1) is 0 Å². The van der Waals surface area contributed by atoms with E-state index in [2.05, 4.69) is 14.9 Å². The van der Waals surface area contributed by atoms with E-state index < -0.39 is 11.7 Å². The van der Waals surface area contributed by atoms with Crippen LogP contribution >= 0.6 is 11.3 Å². The predicted molar refractivity (Wildman–Crippen MR) is 116 cm³/mol. The smallest absolute Gasteiger partial charge is 0.310 e. The number of hydrogen-bond donors (Lipinski definition) is 1. The second-order valence-electron chi connectivity index (χ2n) is 8.89. The number of benzene rings is 1. The molecule has 3 heterocycles. The molecule has 0 bridgehead atoms. The fourth-order valence-electron chi connectivity index (χ4n) is 3.66. The normalized spacial score (nSPS) is 15.2. The fourth-order valence-corrected chi connectivity index (χ4v) is 4.70. The molecule has 3 aromatic rings. The van der Waals surface area contributed by atoms with Gasteiger partial charge in [0, 0.05) is 41.2 Å². The molecule has 4 nitrogen and oxygen atoms in total. The Labute approximate surface area is 182 Å². The van der Waals surface area contributed by atoms with Crippen LogP contribution in [0.3, 0.4) is 0 Å². The molecule has 31 heavy (non-hydrogen) atoms. The number of thiophene rings is 1. The molecule has 1 aliphatic heterocycles. The summed E-state index contributed by atoms with van der Waals surface area (Å²) in [7, 11) is 0. The van der Waals surface area contributed by atoms with Gasteiger partial charge in [-0.3, -0.25) is 9.69 Å². The minimum absolute atomic E-state index is 0.0875. The summed E-state index contributed by atoms with van der Waals surface area (Å²) < 4.78 is 39.0. The lowest BCUT2D eigenvalue weighted by molar-refractivity contribution is -0.137. The van der Waals surface area contributed by atoms with Crippen LogP contribution in [0.15, 0.2) is 41.2 Å². The first-order valence-electron chi connectivity index (χ1n) is 10.1. The molecule has 0 radical (unpaired) electrons. The van der Waals surface area contributed by atoms with Crippen molar-refractivity contribution in [2.24, 2.45) is 0 Å². The Morgan fingerprint density at radius 1 is 1.16 bits per heavy atom. The predicted octanol–water partition coefficient (Wildman–Crippen LogP) is 5.37. The van der Waals surface area contributed by atoms with Crippen molar-refractivity contribution in [1.29, 1.82) is 0 Å². The highest BCUT2D eigenvalue weighted by atomic mass is 32.1. The van der Waals surface area contributed by atoms with E-state index in [1.165, 1.54) is 23.5 Å². The van der Waals surface area contributed by atoms with Gasteiger partial charge in [0.15, 0.2) is 0 Å². The molecule has 0 atom stereocenters. The monoisotopic (exact) mass is 447 g/mol. The quantitative estimate of drug-likeness (QED) is 0.587. The minimum Gasteiger partial charge on any atom is -0.310 e. The Morgan fingerprint density at radius 2 is 1.94 bits per heavy atom. The lowest BCUT2D eigenvalue weighted by Crippen LogP contribution is -2.36. The van der Waals surface area contributed by atoms with Gasteiger partial charge in [-0.2, -0.15) is 13.2 Å². The number of fused-ring (bicyclic) bond motifs is 1. The maximum atomic E-state index is 13.0. The average Bonchev–Trinajstić information content (AvgIpc) is 3.15. The summed E-state index contributed by atoms with van der Waals surface area (Å²) in [6.07, 6.45) is -3.65. The molecule has 0 spiro atoms. The number of hydrogen-bond acceptors (Lipinski definition) is 4. The van der Waals surface area contributed by atoms with E-state index in [0.717, 1.165) is 28.1 Å². The highest BCUT2D eigenvalue weighted by Crippen LogP contribution is 2.35. The van der Waals surface area contributed by atoms with Crippen molar-refractivity contribution in [3.8, 4) is 10.4 Å². The van der Waals surface area contributed by atoms with Crippen molar-refractivity contribution in [2.75, 3.05) is 6.54 Å². The molecule has 1 aliphatic rings. The minimum atomic E-state index is -4.36. The lowest BCUT2D eigenvalue weighted by atomic mass is 9.95. The van der Waals surface area contributed by atoms with Crippen LogP contribution in [0.5, 0.6) is 0 Å². The third-order valence-electron chi connectivity index (χ3n) is 5.37. The molecular weight excluding hydrogens is 423 g/mol. The van der Waals surface area contributed by atoms with E-state index in [4.69, 9.17) is 0 Å². The number of halogens is 3. The van der Waals surface area contributed by atoms with Crippen LogP contribution in [0.4, 0.5) is 13.2 Å². The van der Waals surface area contributed by atoms with E-state index in [1.807, 2.05) is 32.9 Å². The average molecular weight is 448 g/mol. The summed E-state index contributed by atoms with van der Waals surface area (Å²) in [6.45, 7) is 8.00. The number of H-pyrrole nitrogens is 1. The van der Waals surface area contributed by atoms with Gasteiger partial charge >= 0.3 is 6.18 Å². The fraction of sp³-hybridized carbons (Fsp3) is 0.391. The zero-order valence-electron chi connectivity index (χ0n) is 17.6. The number of nitrogens with one attached hydrogen (secondary N) is 1. The summed E-state index contributed by atoms with van der Waals surface area (Å²) >= 11 is 1.48. The topological polar surface area (TPSA) is 49.0 Å². The first-order valence-corrected chi connectivity index (χ1v) is 10.9. The van der Waals surface area contributed by atoms with Gasteiger partial charge in [0.05, 0.1) is 16.8 Å². The van der Waals surface area contributed by atoms with Gasteiger partial charge in [0.25, 0.3) is 5.56 Å². The molecule has 2 aromatic heterocycles. The van der Waals surface area contributed by atoms with Gasteiger partial charge in [-0.25, -0.2) is 4.98 Å². The van der Waals surface area contributed by atoms with E-state index in [0.29, 0.717) is 36.5 Å². The standard InChI is InChI=1S/C23H24F3N3OS/c1-22(2,3)21-27-18-9-10-29(13-17(18)20(30)28-21)12-16-7-8-19(31-16)14-5-4-6-15(11-14)23(24,25)26/h4-8,11H,9-10,12-13H2,1-3H3,(H,27,28,30). The van der Waals surface area contributed by atoms with E-state index in [9.17, 15) is 18.0 Å². The Hall–Kier alpha value is -2.45. The number of alkyl halides is 3. The highest BCUT2D eigenvalue weighted by Gasteiger charge is 2.30. The molecule has 0 fully saturated rings. The van der Waals surface area contributed by atoms with E-state index in [1.54, 1.807) is 6.07 Å². The molecule has 0 saturated heterocycles. The molecule has 8 heteroatoms. The first kappa shape index (κ1) is 21.8. The van der Waals surface area contributed by atoms with Crippen molar-refractivity contribution >= 4 is 11.3 Å². The molecule has 0 unspecified atom stereocenters. The zero-order valence-corrected chi connectivity index (χ0v) is 18.5. The molecule has 1 N–H and O–H groups in total. The highest BCUT2D eigenvalue weighted by molar-refractivity contribution is 7.15. The van der Waals surface area contributed by atoms with Gasteiger partial charge in [-0.15, -0.1) is 11.3 Å². The van der Waals surface area contributed by atoms with Crippen LogP contribution in [-0.2, 0) is 31.1 Å². The largest absolute Gasteiger partial charge is 0.416 e. The summed E-state index contributed by atoms with van der Waals surface area (Å²) in [4.78, 5) is 24.3. The van der Waals surface area contributed by atoms with E-state index >= 15 is 0 Å². The van der Waals surface area contributed by atoms with Crippen molar-refractivity contribution in [1.82, 2.24) is 14.9 Å². The number of nitrogens with zero attached hydrogens (tertiary/aromatic N) is 2. The zero-order chi connectivity index (χ0) is 22.4. The van der Waals surface area contributed by atoms with Crippen LogP contribution in [0.1, 0.15) is 48.3 Å². The summed E-state index contributed by atoms with van der Waals surface area (Å²) in [6, 6.07) is 9.20. The van der Waals surface area contributed by atoms with Gasteiger partial charge < -0.3 is 4.98 Å². The third-order valence-corrected chi connectivity index (χ3v) is 6.49. The SMILES string of the molecule is CC(C)(C)c1nc2c(c(=O)[nH]1)CN(Cc1ccc(-c3cccc(C(F)(F)F)c3)s1)CC2. The Morgan fingerprint density at radius 3 is 2.65 bits per heavy atom. The van der Waals surface area contributed by atoms with Crippen molar-refractivity contribution in [3.63, 3.8) is 0 Å². The second kappa shape index (κ2) is 7.91. The molecular formula is C23H24F3N3OS. The van der Waals surface area contributed by atoms with Crippen LogP contribution in [0.25, 0.3) is 10.4 Å². The third kappa shape index (κ3) is 4.75. The Bertz CT molecular complexity index is 1160. The number of rotatable bonds is 3. The van der Waals surface area contributed by atoms with Gasteiger partial charge in [-0.1, -0.05) is 32.9 Å². The van der Waals surface area contributed by atoms with Gasteiger partial charge in [0.2, 0.25) is 0 Å². The van der Waals surface area contributed by atoms with Gasteiger partial charge in [0.1, 0.15) is 5.82 Å². The molecule has 0 saturated carbocycles. The molecule has 0 amide bonds. The maximum absolute atomic E-state index is 13.0. The molecule has 0 aliphatic carbocycles. The maximum Gasteiger partial charge on any atom is 0.416 e. The molecule has 4 rings (SSSR count). The lowest BCUT2D eigenvalue weighted by Gasteiger charge is -2.28. The number of aromatic nitrogens is 2. The van der Waals surface area contributed by atoms with E-state index in [-0.39, 0.29) is 11.0 Å². The van der Waals surface area contributed by atoms with Crippen LogP contribution < -0.4 is 5.56 Å². The Kier molecular flexibility index (Phi) is 5.55. The first-order chi connectivity index (χ1) is 14.5. The van der Waals surface area contributed by atoms with Crippen LogP contribution in [0.2, 0.25) is 0 Å². The summed E-state index contributed by atoms with van der Waals surface area (Å²) in [5.41, 5.74) is 1.17. The summed E-state index contributed by atoms with van der Waals surface area (Å²) in [5, 5.41) is 0. The van der Waals surface area contributed by atoms with Gasteiger partial charge in [-0.05, 0) is 29.8 Å². The van der Waals surface area contributed by atoms with Crippen molar-refractivity contribution < 1.29 is 13.2 Å². The molecule has 1 aromatic carbocycles. The Balaban J connectivity index is 1.50. The number of aromatic amines is 1.